The van der Waals surface area contributed by atoms with Gasteiger partial charge in [-0.2, -0.15) is 5.10 Å². The van der Waals surface area contributed by atoms with Crippen LogP contribution in [-0.4, -0.2) is 34.9 Å². The summed E-state index contributed by atoms with van der Waals surface area (Å²) in [5.41, 5.74) is 9.46. The van der Waals surface area contributed by atoms with Gasteiger partial charge in [-0.1, -0.05) is 29.5 Å². The molecular weight excluding hydrogens is 377 g/mol. The van der Waals surface area contributed by atoms with Gasteiger partial charge in [-0.15, -0.1) is 0 Å². The lowest BCUT2D eigenvalue weighted by atomic mass is 10.0. The standard InChI is InChI=1S/C20H20FN5OS/c1-11(10-27-2)23-20-24-15-8-7-12(9-16(15)28-20)17-18(25-26-19(17)22)13-5-3-4-6-14(13)21/h3-9,11H,10H2,1-2H3,(H,23,24)(H3,22,25,26)/t11-/m0/s1. The zero-order chi connectivity index (χ0) is 19.7. The van der Waals surface area contributed by atoms with Crippen LogP contribution >= 0.6 is 11.3 Å². The van der Waals surface area contributed by atoms with Crippen molar-refractivity contribution in [2.24, 2.45) is 0 Å². The van der Waals surface area contributed by atoms with E-state index >= 15 is 0 Å². The number of benzene rings is 2. The van der Waals surface area contributed by atoms with Crippen LogP contribution in [-0.2, 0) is 4.74 Å². The number of anilines is 2. The molecule has 28 heavy (non-hydrogen) atoms. The van der Waals surface area contributed by atoms with Crippen LogP contribution in [0.2, 0.25) is 0 Å². The second-order valence-electron chi connectivity index (χ2n) is 6.54. The van der Waals surface area contributed by atoms with Crippen molar-refractivity contribution in [3.8, 4) is 22.4 Å². The van der Waals surface area contributed by atoms with Gasteiger partial charge in [-0.05, 0) is 36.8 Å². The molecule has 4 rings (SSSR count). The van der Waals surface area contributed by atoms with E-state index in [2.05, 4.69) is 20.5 Å². The number of nitrogens with zero attached hydrogens (tertiary/aromatic N) is 2. The third-order valence-corrected chi connectivity index (χ3v) is 5.34. The minimum Gasteiger partial charge on any atom is -0.384 e. The van der Waals surface area contributed by atoms with E-state index in [1.54, 1.807) is 36.6 Å². The number of fused-ring (bicyclic) bond motifs is 1. The number of hydrogen-bond donors (Lipinski definition) is 3. The Morgan fingerprint density at radius 2 is 2.11 bits per heavy atom. The highest BCUT2D eigenvalue weighted by Gasteiger charge is 2.18. The highest BCUT2D eigenvalue weighted by molar-refractivity contribution is 7.22. The topological polar surface area (TPSA) is 88.8 Å². The summed E-state index contributed by atoms with van der Waals surface area (Å²) in [5.74, 6) is 0.0573. The molecule has 0 radical (unpaired) electrons. The first-order chi connectivity index (χ1) is 13.6. The number of aromatic nitrogens is 3. The Hall–Kier alpha value is -2.97. The Morgan fingerprint density at radius 1 is 1.29 bits per heavy atom. The number of ether oxygens (including phenoxy) is 1. The van der Waals surface area contributed by atoms with Crippen molar-refractivity contribution in [1.82, 2.24) is 15.2 Å². The lowest BCUT2D eigenvalue weighted by Gasteiger charge is -2.10. The average molecular weight is 397 g/mol. The summed E-state index contributed by atoms with van der Waals surface area (Å²) in [6, 6.07) is 12.6. The molecule has 6 nitrogen and oxygen atoms in total. The Bertz CT molecular complexity index is 1120. The fourth-order valence-corrected chi connectivity index (χ4v) is 4.16. The highest BCUT2D eigenvalue weighted by atomic mass is 32.1. The quantitative estimate of drug-likeness (QED) is 0.445. The second-order valence-corrected chi connectivity index (χ2v) is 7.57. The zero-order valence-electron chi connectivity index (χ0n) is 15.5. The second kappa shape index (κ2) is 7.57. The maximum absolute atomic E-state index is 14.3. The first-order valence-electron chi connectivity index (χ1n) is 8.82. The van der Waals surface area contributed by atoms with E-state index in [1.807, 2.05) is 25.1 Å². The van der Waals surface area contributed by atoms with E-state index in [1.165, 1.54) is 6.07 Å². The first kappa shape index (κ1) is 18.4. The zero-order valence-corrected chi connectivity index (χ0v) is 16.3. The molecule has 0 amide bonds. The van der Waals surface area contributed by atoms with Crippen molar-refractivity contribution in [2.75, 3.05) is 24.8 Å². The largest absolute Gasteiger partial charge is 0.384 e. The Labute approximate surface area is 165 Å². The molecule has 8 heteroatoms. The van der Waals surface area contributed by atoms with Crippen molar-refractivity contribution in [2.45, 2.75) is 13.0 Å². The van der Waals surface area contributed by atoms with E-state index in [4.69, 9.17) is 10.5 Å². The molecule has 1 atom stereocenters. The number of H-pyrrole nitrogens is 1. The van der Waals surface area contributed by atoms with Gasteiger partial charge in [0.1, 0.15) is 17.3 Å². The van der Waals surface area contributed by atoms with Gasteiger partial charge in [0, 0.05) is 18.7 Å². The number of nitrogen functional groups attached to an aromatic ring is 1. The molecule has 0 saturated carbocycles. The number of methoxy groups -OCH3 is 1. The summed E-state index contributed by atoms with van der Waals surface area (Å²) in [5, 5.41) is 11.2. The number of thiazole rings is 1. The van der Waals surface area contributed by atoms with Crippen LogP contribution in [0.15, 0.2) is 42.5 Å². The van der Waals surface area contributed by atoms with Crippen LogP contribution < -0.4 is 11.1 Å². The van der Waals surface area contributed by atoms with Crippen LogP contribution in [0, 0.1) is 5.82 Å². The molecular formula is C20H20FN5OS. The molecule has 0 spiro atoms. The van der Waals surface area contributed by atoms with E-state index in [9.17, 15) is 4.39 Å². The van der Waals surface area contributed by atoms with Gasteiger partial charge in [0.05, 0.1) is 22.4 Å². The normalized spacial score (nSPS) is 12.4. The number of hydrogen-bond acceptors (Lipinski definition) is 6. The minimum atomic E-state index is -0.340. The molecule has 0 unspecified atom stereocenters. The van der Waals surface area contributed by atoms with Crippen LogP contribution in [0.25, 0.3) is 32.6 Å². The SMILES string of the molecule is COC[C@H](C)Nc1nc2ccc(-c3c(-c4ccccc4F)n[nH]c3N)cc2s1. The van der Waals surface area contributed by atoms with Gasteiger partial charge in [0.2, 0.25) is 0 Å². The number of halogens is 1. The smallest absolute Gasteiger partial charge is 0.184 e. The van der Waals surface area contributed by atoms with Gasteiger partial charge in [0.25, 0.3) is 0 Å². The summed E-state index contributed by atoms with van der Waals surface area (Å²) in [7, 11) is 1.67. The lowest BCUT2D eigenvalue weighted by Crippen LogP contribution is -2.20. The van der Waals surface area contributed by atoms with E-state index < -0.39 is 0 Å². The van der Waals surface area contributed by atoms with Gasteiger partial charge >= 0.3 is 0 Å². The summed E-state index contributed by atoms with van der Waals surface area (Å²) in [6.07, 6.45) is 0. The molecule has 0 aliphatic heterocycles. The Balaban J connectivity index is 1.74. The Kier molecular flexibility index (Phi) is 4.97. The van der Waals surface area contributed by atoms with Gasteiger partial charge in [-0.25, -0.2) is 9.37 Å². The van der Waals surface area contributed by atoms with Crippen molar-refractivity contribution in [3.63, 3.8) is 0 Å². The van der Waals surface area contributed by atoms with E-state index in [0.717, 1.165) is 20.9 Å². The van der Waals surface area contributed by atoms with Crippen LogP contribution in [0.3, 0.4) is 0 Å². The third kappa shape index (κ3) is 3.44. The number of aromatic amines is 1. The fraction of sp³-hybridized carbons (Fsp3) is 0.200. The predicted octanol–water partition coefficient (Wildman–Crippen LogP) is 4.52. The van der Waals surface area contributed by atoms with E-state index in [-0.39, 0.29) is 11.9 Å². The highest BCUT2D eigenvalue weighted by Crippen LogP contribution is 2.38. The summed E-state index contributed by atoms with van der Waals surface area (Å²) < 4.78 is 20.5. The maximum Gasteiger partial charge on any atom is 0.184 e. The summed E-state index contributed by atoms with van der Waals surface area (Å²) >= 11 is 1.55. The molecule has 0 bridgehead atoms. The molecule has 144 valence electrons. The number of rotatable bonds is 6. The molecule has 2 aromatic carbocycles. The average Bonchev–Trinajstić information content (AvgIpc) is 3.24. The lowest BCUT2D eigenvalue weighted by molar-refractivity contribution is 0.190. The van der Waals surface area contributed by atoms with Crippen molar-refractivity contribution in [3.05, 3.63) is 48.3 Å². The predicted molar refractivity (Wildman–Crippen MR) is 112 cm³/mol. The first-order valence-corrected chi connectivity index (χ1v) is 9.63. The summed E-state index contributed by atoms with van der Waals surface area (Å²) in [6.45, 7) is 2.63. The van der Waals surface area contributed by atoms with Crippen molar-refractivity contribution in [1.29, 1.82) is 0 Å². The molecule has 4 N–H and O–H groups in total. The Morgan fingerprint density at radius 3 is 2.89 bits per heavy atom. The van der Waals surface area contributed by atoms with Crippen molar-refractivity contribution < 1.29 is 9.13 Å². The van der Waals surface area contributed by atoms with Gasteiger partial charge < -0.3 is 15.8 Å². The molecule has 0 aliphatic rings. The summed E-state index contributed by atoms with van der Waals surface area (Å²) in [4.78, 5) is 4.61. The number of nitrogens with two attached hydrogens (primary N) is 1. The minimum absolute atomic E-state index is 0.155. The molecule has 4 aromatic rings. The number of nitrogens with one attached hydrogen (secondary N) is 2. The van der Waals surface area contributed by atoms with Gasteiger partial charge in [0.15, 0.2) is 5.13 Å². The molecule has 0 fully saturated rings. The molecule has 0 aliphatic carbocycles. The van der Waals surface area contributed by atoms with Crippen molar-refractivity contribution >= 4 is 32.5 Å². The van der Waals surface area contributed by atoms with Crippen LogP contribution in [0.4, 0.5) is 15.3 Å². The fourth-order valence-electron chi connectivity index (χ4n) is 3.14. The molecule has 0 saturated heterocycles. The van der Waals surface area contributed by atoms with Gasteiger partial charge in [-0.3, -0.25) is 5.10 Å². The van der Waals surface area contributed by atoms with Crippen LogP contribution in [0.5, 0.6) is 0 Å². The maximum atomic E-state index is 14.3. The monoisotopic (exact) mass is 397 g/mol. The van der Waals surface area contributed by atoms with E-state index in [0.29, 0.717) is 29.2 Å². The van der Waals surface area contributed by atoms with Crippen LogP contribution in [0.1, 0.15) is 6.92 Å². The molecule has 2 heterocycles. The molecule has 2 aromatic heterocycles. The third-order valence-electron chi connectivity index (χ3n) is 4.39.